The van der Waals surface area contributed by atoms with Gasteiger partial charge < -0.3 is 33.5 Å². The molecule has 0 N–H and O–H groups in total. The van der Waals surface area contributed by atoms with Crippen LogP contribution >= 0.6 is 11.3 Å². The van der Waals surface area contributed by atoms with Crippen molar-refractivity contribution in [3.05, 3.63) is 87.9 Å². The van der Waals surface area contributed by atoms with Crippen LogP contribution in [0.25, 0.3) is 0 Å². The molecule has 1 fully saturated rings. The zero-order valence-corrected chi connectivity index (χ0v) is 26.7. The van der Waals surface area contributed by atoms with E-state index in [0.717, 1.165) is 65.1 Å². The number of nitrogens with zero attached hydrogens (tertiary/aromatic N) is 4. The minimum atomic E-state index is -0.0143. The maximum atomic E-state index is 13.4. The summed E-state index contributed by atoms with van der Waals surface area (Å²) in [5.74, 6) is 3.78. The lowest BCUT2D eigenvalue weighted by Gasteiger charge is -2.35. The molecule has 4 aromatic rings. The quantitative estimate of drug-likeness (QED) is 0.212. The summed E-state index contributed by atoms with van der Waals surface area (Å²) in [6.07, 6.45) is 0.806. The third-order valence-corrected chi connectivity index (χ3v) is 8.98. The zero-order valence-electron chi connectivity index (χ0n) is 25.9. The van der Waals surface area contributed by atoms with Crippen LogP contribution in [0, 0.1) is 0 Å². The number of benzene rings is 3. The maximum absolute atomic E-state index is 13.4. The van der Waals surface area contributed by atoms with Gasteiger partial charge in [0.25, 0.3) is 5.91 Å². The minimum absolute atomic E-state index is 0.0143. The number of aromatic nitrogens is 1. The van der Waals surface area contributed by atoms with Gasteiger partial charge in [-0.25, -0.2) is 4.98 Å². The van der Waals surface area contributed by atoms with E-state index in [1.165, 1.54) is 11.3 Å². The van der Waals surface area contributed by atoms with Gasteiger partial charge in [-0.15, -0.1) is 11.3 Å². The van der Waals surface area contributed by atoms with Crippen LogP contribution in [0.4, 0.5) is 5.69 Å². The molecule has 1 saturated heterocycles. The number of piperazine rings is 1. The van der Waals surface area contributed by atoms with Crippen molar-refractivity contribution in [2.24, 2.45) is 0 Å². The molecular formula is C34H38N4O6S. The number of hydrogen-bond donors (Lipinski definition) is 0. The van der Waals surface area contributed by atoms with Crippen LogP contribution in [0.15, 0.2) is 66.0 Å². The molecule has 1 amide bonds. The van der Waals surface area contributed by atoms with Gasteiger partial charge in [0, 0.05) is 50.3 Å². The van der Waals surface area contributed by atoms with Crippen LogP contribution < -0.4 is 28.6 Å². The molecule has 2 aliphatic heterocycles. The molecule has 3 heterocycles. The van der Waals surface area contributed by atoms with Crippen molar-refractivity contribution < 1.29 is 28.5 Å². The Balaban J connectivity index is 1.11. The lowest BCUT2D eigenvalue weighted by molar-refractivity contribution is 0.0741. The fourth-order valence-electron chi connectivity index (χ4n) is 5.63. The first-order valence-corrected chi connectivity index (χ1v) is 15.9. The lowest BCUT2D eigenvalue weighted by Crippen LogP contribution is -2.48. The van der Waals surface area contributed by atoms with Gasteiger partial charge in [0.05, 0.1) is 27.9 Å². The van der Waals surface area contributed by atoms with Crippen molar-refractivity contribution in [1.82, 2.24) is 14.8 Å². The van der Waals surface area contributed by atoms with Gasteiger partial charge in [0.15, 0.2) is 23.0 Å². The standard InChI is InChI=1S/C34H38N4O6S/c1-40-27-8-6-26(7-9-27)37-14-16-38(17-15-37)34(39)28-22-45-33(35-28)21-36(20-25-5-11-30-32(19-25)44-23-43-30)13-12-24-4-10-29(41-2)31(18-24)42-3/h4-11,18-19,22H,12-17,20-21,23H2,1-3H3. The Kier molecular flexibility index (Phi) is 9.56. The van der Waals surface area contributed by atoms with E-state index in [1.54, 1.807) is 21.3 Å². The second-order valence-electron chi connectivity index (χ2n) is 10.9. The lowest BCUT2D eigenvalue weighted by atomic mass is 10.1. The number of methoxy groups -OCH3 is 3. The summed E-state index contributed by atoms with van der Waals surface area (Å²) in [7, 11) is 4.95. The van der Waals surface area contributed by atoms with Gasteiger partial charge in [-0.1, -0.05) is 12.1 Å². The van der Waals surface area contributed by atoms with Crippen molar-refractivity contribution in [1.29, 1.82) is 0 Å². The highest BCUT2D eigenvalue weighted by Gasteiger charge is 2.25. The topological polar surface area (TPSA) is 85.8 Å². The molecule has 6 rings (SSSR count). The Bertz CT molecular complexity index is 1600. The Hall–Kier alpha value is -4.48. The molecule has 0 atom stereocenters. The number of amides is 1. The van der Waals surface area contributed by atoms with Crippen LogP contribution in [0.5, 0.6) is 28.7 Å². The molecule has 236 valence electrons. The van der Waals surface area contributed by atoms with E-state index in [2.05, 4.69) is 34.1 Å². The summed E-state index contributed by atoms with van der Waals surface area (Å²) in [6, 6.07) is 20.1. The first-order chi connectivity index (χ1) is 22.0. The number of anilines is 1. The SMILES string of the molecule is COc1ccc(N2CCN(C(=O)c3csc(CN(CCc4ccc(OC)c(OC)c4)Cc4ccc5c(c4)OCO5)n3)CC2)cc1. The molecule has 0 bridgehead atoms. The molecule has 0 radical (unpaired) electrons. The summed E-state index contributed by atoms with van der Waals surface area (Å²) in [6.45, 7) is 5.18. The van der Waals surface area contributed by atoms with Crippen molar-refractivity contribution in [2.45, 2.75) is 19.5 Å². The Morgan fingerprint density at radius 2 is 1.60 bits per heavy atom. The predicted molar refractivity (Wildman–Crippen MR) is 173 cm³/mol. The van der Waals surface area contributed by atoms with E-state index < -0.39 is 0 Å². The molecule has 0 unspecified atom stereocenters. The summed E-state index contributed by atoms with van der Waals surface area (Å²) in [4.78, 5) is 24.8. The first-order valence-electron chi connectivity index (χ1n) is 15.0. The smallest absolute Gasteiger partial charge is 0.273 e. The normalized spacial score (nSPS) is 14.1. The van der Waals surface area contributed by atoms with Crippen LogP contribution in [0.2, 0.25) is 0 Å². The maximum Gasteiger partial charge on any atom is 0.273 e. The number of rotatable bonds is 12. The second kappa shape index (κ2) is 14.1. The fraction of sp³-hybridized carbons (Fsp3) is 0.353. The minimum Gasteiger partial charge on any atom is -0.497 e. The highest BCUT2D eigenvalue weighted by molar-refractivity contribution is 7.09. The van der Waals surface area contributed by atoms with Crippen LogP contribution in [0.3, 0.4) is 0 Å². The average Bonchev–Trinajstić information content (AvgIpc) is 3.76. The molecule has 45 heavy (non-hydrogen) atoms. The Morgan fingerprint density at radius 3 is 2.36 bits per heavy atom. The molecule has 0 aliphatic carbocycles. The van der Waals surface area contributed by atoms with Crippen molar-refractivity contribution in [2.75, 3.05) is 65.7 Å². The first kappa shape index (κ1) is 30.5. The molecule has 3 aromatic carbocycles. The molecule has 10 nitrogen and oxygen atoms in total. The van der Waals surface area contributed by atoms with E-state index >= 15 is 0 Å². The Morgan fingerprint density at radius 1 is 0.844 bits per heavy atom. The summed E-state index contributed by atoms with van der Waals surface area (Å²) in [5.41, 5.74) is 3.91. The van der Waals surface area contributed by atoms with Gasteiger partial charge in [-0.05, 0) is 66.1 Å². The van der Waals surface area contributed by atoms with E-state index in [9.17, 15) is 4.79 Å². The monoisotopic (exact) mass is 630 g/mol. The highest BCUT2D eigenvalue weighted by Crippen LogP contribution is 2.33. The summed E-state index contributed by atoms with van der Waals surface area (Å²) >= 11 is 1.53. The van der Waals surface area contributed by atoms with Crippen LogP contribution in [-0.2, 0) is 19.5 Å². The van der Waals surface area contributed by atoms with Crippen molar-refractivity contribution in [3.8, 4) is 28.7 Å². The third-order valence-electron chi connectivity index (χ3n) is 8.14. The van der Waals surface area contributed by atoms with Gasteiger partial charge in [-0.2, -0.15) is 0 Å². The van der Waals surface area contributed by atoms with Gasteiger partial charge >= 0.3 is 0 Å². The van der Waals surface area contributed by atoms with E-state index in [-0.39, 0.29) is 12.7 Å². The second-order valence-corrected chi connectivity index (χ2v) is 11.9. The van der Waals surface area contributed by atoms with Crippen LogP contribution in [-0.4, -0.2) is 81.5 Å². The molecular weight excluding hydrogens is 592 g/mol. The van der Waals surface area contributed by atoms with E-state index in [4.69, 9.17) is 28.7 Å². The molecule has 1 aromatic heterocycles. The number of ether oxygens (including phenoxy) is 5. The highest BCUT2D eigenvalue weighted by atomic mass is 32.1. The van der Waals surface area contributed by atoms with E-state index in [0.29, 0.717) is 43.4 Å². The molecule has 11 heteroatoms. The number of thiazole rings is 1. The van der Waals surface area contributed by atoms with Gasteiger partial charge in [0.2, 0.25) is 6.79 Å². The molecule has 0 saturated carbocycles. The van der Waals surface area contributed by atoms with E-state index in [1.807, 2.05) is 46.7 Å². The number of carbonyl (C=O) groups is 1. The fourth-order valence-corrected chi connectivity index (χ4v) is 6.44. The zero-order chi connectivity index (χ0) is 31.2. The van der Waals surface area contributed by atoms with Gasteiger partial charge in [0.1, 0.15) is 16.5 Å². The van der Waals surface area contributed by atoms with Gasteiger partial charge in [-0.3, -0.25) is 9.69 Å². The third kappa shape index (κ3) is 7.26. The molecule has 2 aliphatic rings. The number of carbonyl (C=O) groups excluding carboxylic acids is 1. The summed E-state index contributed by atoms with van der Waals surface area (Å²) in [5, 5.41) is 2.80. The van der Waals surface area contributed by atoms with Crippen molar-refractivity contribution >= 4 is 22.9 Å². The average molecular weight is 631 g/mol. The van der Waals surface area contributed by atoms with Crippen LogP contribution in [0.1, 0.15) is 26.6 Å². The predicted octanol–water partition coefficient (Wildman–Crippen LogP) is 5.10. The number of fused-ring (bicyclic) bond motifs is 1. The Labute approximate surface area is 267 Å². The molecule has 0 spiro atoms. The summed E-state index contributed by atoms with van der Waals surface area (Å²) < 4.78 is 27.3. The largest absolute Gasteiger partial charge is 0.497 e. The van der Waals surface area contributed by atoms with Crippen molar-refractivity contribution in [3.63, 3.8) is 0 Å². The number of hydrogen-bond acceptors (Lipinski definition) is 10.